The lowest BCUT2D eigenvalue weighted by atomic mass is 9.90. The largest absolute Gasteiger partial charge is 0.495 e. The average molecular weight is 473 g/mol. The van der Waals surface area contributed by atoms with Gasteiger partial charge in [0, 0.05) is 26.2 Å². The topological polar surface area (TPSA) is 82.2 Å². The number of carbonyl (C=O) groups is 3. The predicted molar refractivity (Wildman–Crippen MR) is 133 cm³/mol. The van der Waals surface area contributed by atoms with E-state index in [1.807, 2.05) is 66.7 Å². The third kappa shape index (κ3) is 4.05. The summed E-state index contributed by atoms with van der Waals surface area (Å²) in [5.41, 5.74) is 0.460. The number of anilines is 1. The fourth-order valence-electron chi connectivity index (χ4n) is 4.86. The van der Waals surface area contributed by atoms with Crippen LogP contribution in [-0.2, 0) is 15.1 Å². The van der Waals surface area contributed by atoms with Crippen LogP contribution in [0.5, 0.6) is 5.75 Å². The number of hydrogen-bond acceptors (Lipinski definition) is 5. The quantitative estimate of drug-likeness (QED) is 0.578. The molecule has 2 heterocycles. The van der Waals surface area contributed by atoms with E-state index in [4.69, 9.17) is 4.74 Å². The van der Waals surface area contributed by atoms with Crippen LogP contribution in [0.15, 0.2) is 66.7 Å². The lowest BCUT2D eigenvalue weighted by Crippen LogP contribution is -2.52. The first kappa shape index (κ1) is 22.7. The normalized spacial score (nSPS) is 20.3. The first-order chi connectivity index (χ1) is 16.9. The summed E-state index contributed by atoms with van der Waals surface area (Å²) in [6.45, 7) is 3.70. The van der Waals surface area contributed by atoms with E-state index in [9.17, 15) is 14.4 Å². The summed E-state index contributed by atoms with van der Waals surface area (Å²) in [6, 6.07) is 20.8. The number of para-hydroxylation sites is 2. The second kappa shape index (κ2) is 8.94. The van der Waals surface area contributed by atoms with Gasteiger partial charge in [0.15, 0.2) is 0 Å². The number of imide groups is 1. The molecule has 0 aliphatic carbocycles. The predicted octanol–water partition coefficient (Wildman–Crippen LogP) is 2.96. The minimum Gasteiger partial charge on any atom is -0.495 e. The molecule has 180 valence electrons. The summed E-state index contributed by atoms with van der Waals surface area (Å²) in [4.78, 5) is 44.1. The molecule has 0 saturated carbocycles. The van der Waals surface area contributed by atoms with Crippen LogP contribution in [-0.4, -0.2) is 67.5 Å². The Balaban J connectivity index is 1.26. The van der Waals surface area contributed by atoms with Gasteiger partial charge < -0.3 is 19.9 Å². The number of carbonyl (C=O) groups excluding carboxylic acids is 3. The Hall–Kier alpha value is -4.07. The minimum absolute atomic E-state index is 0.240. The standard InChI is InChI=1S/C27H28N4O4/c1-27(21-12-11-19-7-3-4-8-20(19)17-21)25(33)31(26(34)28-27)18-24(32)30-15-13-29(14-16-30)22-9-5-6-10-23(22)35-2/h3-12,17H,13-16,18H2,1-2H3,(H,28,34)/t27-/m0/s1. The summed E-state index contributed by atoms with van der Waals surface area (Å²) in [5, 5.41) is 4.84. The lowest BCUT2D eigenvalue weighted by Gasteiger charge is -2.37. The van der Waals surface area contributed by atoms with Crippen molar-refractivity contribution >= 4 is 34.3 Å². The Morgan fingerprint density at radius 1 is 0.943 bits per heavy atom. The van der Waals surface area contributed by atoms with Crippen molar-refractivity contribution in [3.8, 4) is 5.75 Å². The molecule has 1 atom stereocenters. The van der Waals surface area contributed by atoms with Crippen molar-refractivity contribution in [3.63, 3.8) is 0 Å². The molecular formula is C27H28N4O4. The van der Waals surface area contributed by atoms with Gasteiger partial charge in [-0.05, 0) is 41.5 Å². The molecule has 4 amide bonds. The van der Waals surface area contributed by atoms with Gasteiger partial charge in [-0.2, -0.15) is 0 Å². The van der Waals surface area contributed by atoms with Crippen molar-refractivity contribution in [1.29, 1.82) is 0 Å². The molecule has 0 radical (unpaired) electrons. The molecular weight excluding hydrogens is 444 g/mol. The van der Waals surface area contributed by atoms with Gasteiger partial charge in [-0.3, -0.25) is 14.5 Å². The number of nitrogens with zero attached hydrogens (tertiary/aromatic N) is 3. The van der Waals surface area contributed by atoms with Crippen LogP contribution in [0.1, 0.15) is 12.5 Å². The van der Waals surface area contributed by atoms with Crippen molar-refractivity contribution in [2.24, 2.45) is 0 Å². The van der Waals surface area contributed by atoms with Crippen LogP contribution < -0.4 is 15.0 Å². The highest BCUT2D eigenvalue weighted by molar-refractivity contribution is 6.09. The summed E-state index contributed by atoms with van der Waals surface area (Å²) in [7, 11) is 1.64. The maximum absolute atomic E-state index is 13.3. The van der Waals surface area contributed by atoms with E-state index in [1.54, 1.807) is 18.9 Å². The molecule has 8 nitrogen and oxygen atoms in total. The summed E-state index contributed by atoms with van der Waals surface area (Å²) >= 11 is 0. The van der Waals surface area contributed by atoms with Gasteiger partial charge in [0.05, 0.1) is 12.8 Å². The van der Waals surface area contributed by atoms with Gasteiger partial charge in [-0.1, -0.05) is 48.5 Å². The molecule has 2 saturated heterocycles. The van der Waals surface area contributed by atoms with Crippen LogP contribution in [0.25, 0.3) is 10.8 Å². The molecule has 3 aromatic carbocycles. The zero-order valence-electron chi connectivity index (χ0n) is 19.9. The molecule has 3 aromatic rings. The SMILES string of the molecule is COc1ccccc1N1CCN(C(=O)CN2C(=O)N[C@@](C)(c3ccc4ccccc4c3)C2=O)CC1. The Kier molecular flexibility index (Phi) is 5.80. The van der Waals surface area contributed by atoms with E-state index in [0.717, 1.165) is 27.1 Å². The second-order valence-electron chi connectivity index (χ2n) is 9.05. The molecule has 2 aliphatic rings. The summed E-state index contributed by atoms with van der Waals surface area (Å²) in [6.07, 6.45) is 0. The number of rotatable bonds is 5. The van der Waals surface area contributed by atoms with E-state index in [1.165, 1.54) is 0 Å². The molecule has 0 aromatic heterocycles. The molecule has 0 spiro atoms. The fourth-order valence-corrected chi connectivity index (χ4v) is 4.86. The molecule has 0 bridgehead atoms. The Morgan fingerprint density at radius 3 is 2.37 bits per heavy atom. The number of hydrogen-bond donors (Lipinski definition) is 1. The maximum atomic E-state index is 13.3. The summed E-state index contributed by atoms with van der Waals surface area (Å²) < 4.78 is 5.45. The minimum atomic E-state index is -1.22. The molecule has 0 unspecified atom stereocenters. The molecule has 1 N–H and O–H groups in total. The van der Waals surface area contributed by atoms with Crippen molar-refractivity contribution < 1.29 is 19.1 Å². The van der Waals surface area contributed by atoms with Crippen molar-refractivity contribution in [3.05, 3.63) is 72.3 Å². The second-order valence-corrected chi connectivity index (χ2v) is 9.05. The van der Waals surface area contributed by atoms with Gasteiger partial charge in [-0.25, -0.2) is 4.79 Å². The highest BCUT2D eigenvalue weighted by Crippen LogP contribution is 2.31. The number of piperazine rings is 1. The molecule has 5 rings (SSSR count). The van der Waals surface area contributed by atoms with Crippen LogP contribution in [0.4, 0.5) is 10.5 Å². The van der Waals surface area contributed by atoms with Crippen LogP contribution >= 0.6 is 0 Å². The average Bonchev–Trinajstić information content (AvgIpc) is 3.12. The number of ether oxygens (including phenoxy) is 1. The Labute approximate surface area is 204 Å². The molecule has 2 fully saturated rings. The van der Waals surface area contributed by atoms with Gasteiger partial charge in [0.25, 0.3) is 5.91 Å². The molecule has 2 aliphatic heterocycles. The van der Waals surface area contributed by atoms with Gasteiger partial charge in [0.1, 0.15) is 17.8 Å². The van der Waals surface area contributed by atoms with E-state index in [0.29, 0.717) is 31.7 Å². The fraction of sp³-hybridized carbons (Fsp3) is 0.296. The lowest BCUT2D eigenvalue weighted by molar-refractivity contribution is -0.139. The first-order valence-corrected chi connectivity index (χ1v) is 11.7. The summed E-state index contributed by atoms with van der Waals surface area (Å²) in [5.74, 6) is 0.134. The highest BCUT2D eigenvalue weighted by Gasteiger charge is 2.49. The van der Waals surface area contributed by atoms with E-state index >= 15 is 0 Å². The monoisotopic (exact) mass is 472 g/mol. The van der Waals surface area contributed by atoms with Crippen LogP contribution in [0.2, 0.25) is 0 Å². The van der Waals surface area contributed by atoms with Crippen LogP contribution in [0, 0.1) is 0 Å². The zero-order valence-corrected chi connectivity index (χ0v) is 19.9. The van der Waals surface area contributed by atoms with Crippen molar-refractivity contribution in [2.45, 2.75) is 12.5 Å². The van der Waals surface area contributed by atoms with Crippen molar-refractivity contribution in [1.82, 2.24) is 15.1 Å². The zero-order chi connectivity index (χ0) is 24.6. The van der Waals surface area contributed by atoms with Crippen molar-refractivity contribution in [2.75, 3.05) is 44.7 Å². The number of amides is 4. The van der Waals surface area contributed by atoms with Gasteiger partial charge in [-0.15, -0.1) is 0 Å². The first-order valence-electron chi connectivity index (χ1n) is 11.7. The number of methoxy groups -OCH3 is 1. The highest BCUT2D eigenvalue weighted by atomic mass is 16.5. The number of fused-ring (bicyclic) bond motifs is 1. The van der Waals surface area contributed by atoms with Crippen LogP contribution in [0.3, 0.4) is 0 Å². The smallest absolute Gasteiger partial charge is 0.325 e. The van der Waals surface area contributed by atoms with Gasteiger partial charge >= 0.3 is 6.03 Å². The van der Waals surface area contributed by atoms with E-state index in [2.05, 4.69) is 10.2 Å². The van der Waals surface area contributed by atoms with E-state index < -0.39 is 17.5 Å². The third-order valence-electron chi connectivity index (χ3n) is 6.95. The third-order valence-corrected chi connectivity index (χ3v) is 6.95. The Bertz CT molecular complexity index is 1300. The van der Waals surface area contributed by atoms with Gasteiger partial charge in [0.2, 0.25) is 5.91 Å². The molecule has 35 heavy (non-hydrogen) atoms. The number of benzene rings is 3. The molecule has 8 heteroatoms. The maximum Gasteiger partial charge on any atom is 0.325 e. The Morgan fingerprint density at radius 2 is 1.63 bits per heavy atom. The van der Waals surface area contributed by atoms with E-state index in [-0.39, 0.29) is 12.5 Å². The number of urea groups is 1. The number of nitrogens with one attached hydrogen (secondary N) is 1.